The first-order chi connectivity index (χ1) is 5.66. The minimum Gasteiger partial charge on any atom is -0.361 e. The highest BCUT2D eigenvalue weighted by molar-refractivity contribution is 5.36. The second-order valence-electron chi connectivity index (χ2n) is 2.63. The summed E-state index contributed by atoms with van der Waals surface area (Å²) >= 11 is 0. The number of rotatable bonds is 2. The van der Waals surface area contributed by atoms with Crippen molar-refractivity contribution in [3.63, 3.8) is 0 Å². The topological polar surface area (TPSA) is 55.5 Å². The Morgan fingerprint density at radius 2 is 2.25 bits per heavy atom. The fourth-order valence-electron chi connectivity index (χ4n) is 1.23. The summed E-state index contributed by atoms with van der Waals surface area (Å²) in [6.45, 7) is 5.42. The second-order valence-corrected chi connectivity index (χ2v) is 2.63. The molecule has 0 N–H and O–H groups in total. The van der Waals surface area contributed by atoms with Crippen LogP contribution in [0.3, 0.4) is 0 Å². The standard InChI is InChI=1S/C8H10N2O2/c1-5(9-4-11)8-6(2)10-12-7(8)3/h5H,1-3H3. The molecule has 4 nitrogen and oxygen atoms in total. The highest BCUT2D eigenvalue weighted by atomic mass is 16.5. The number of hydrogen-bond acceptors (Lipinski definition) is 4. The van der Waals surface area contributed by atoms with Gasteiger partial charge in [-0.25, -0.2) is 4.79 Å². The normalized spacial score (nSPS) is 12.2. The van der Waals surface area contributed by atoms with Crippen LogP contribution in [0.4, 0.5) is 0 Å². The van der Waals surface area contributed by atoms with Crippen LogP contribution in [0.1, 0.15) is 30.0 Å². The van der Waals surface area contributed by atoms with Gasteiger partial charge in [0.2, 0.25) is 6.08 Å². The van der Waals surface area contributed by atoms with E-state index in [4.69, 9.17) is 4.52 Å². The van der Waals surface area contributed by atoms with Gasteiger partial charge in [-0.3, -0.25) is 0 Å². The lowest BCUT2D eigenvalue weighted by atomic mass is 10.1. The molecule has 0 aliphatic rings. The van der Waals surface area contributed by atoms with E-state index in [1.807, 2.05) is 6.92 Å². The lowest BCUT2D eigenvalue weighted by molar-refractivity contribution is 0.391. The molecule has 1 unspecified atom stereocenters. The summed E-state index contributed by atoms with van der Waals surface area (Å²) in [5, 5.41) is 3.75. The summed E-state index contributed by atoms with van der Waals surface area (Å²) in [6.07, 6.45) is 1.52. The van der Waals surface area contributed by atoms with Crippen LogP contribution in [0.25, 0.3) is 0 Å². The van der Waals surface area contributed by atoms with Gasteiger partial charge in [-0.05, 0) is 20.8 Å². The fraction of sp³-hybridized carbons (Fsp3) is 0.500. The van der Waals surface area contributed by atoms with Crippen molar-refractivity contribution in [1.29, 1.82) is 0 Å². The summed E-state index contributed by atoms with van der Waals surface area (Å²) < 4.78 is 4.92. The Morgan fingerprint density at radius 3 is 2.67 bits per heavy atom. The molecular formula is C8H10N2O2. The van der Waals surface area contributed by atoms with Gasteiger partial charge >= 0.3 is 0 Å². The zero-order valence-corrected chi connectivity index (χ0v) is 7.29. The summed E-state index contributed by atoms with van der Waals surface area (Å²) in [7, 11) is 0. The molecule has 4 heteroatoms. The van der Waals surface area contributed by atoms with Crippen LogP contribution < -0.4 is 0 Å². The van der Waals surface area contributed by atoms with Crippen LogP contribution in [0.2, 0.25) is 0 Å². The van der Waals surface area contributed by atoms with Crippen molar-refractivity contribution in [2.75, 3.05) is 0 Å². The van der Waals surface area contributed by atoms with Crippen LogP contribution in [0.15, 0.2) is 9.52 Å². The van der Waals surface area contributed by atoms with Gasteiger partial charge in [-0.2, -0.15) is 4.99 Å². The number of aryl methyl sites for hydroxylation is 2. The quantitative estimate of drug-likeness (QED) is 0.496. The Morgan fingerprint density at radius 1 is 1.58 bits per heavy atom. The van der Waals surface area contributed by atoms with Crippen molar-refractivity contribution >= 4 is 6.08 Å². The number of nitrogens with zero attached hydrogens (tertiary/aromatic N) is 2. The van der Waals surface area contributed by atoms with Gasteiger partial charge in [0.1, 0.15) is 5.76 Å². The number of hydrogen-bond donors (Lipinski definition) is 0. The van der Waals surface area contributed by atoms with Gasteiger partial charge in [-0.15, -0.1) is 0 Å². The molecule has 0 bridgehead atoms. The molecule has 12 heavy (non-hydrogen) atoms. The van der Waals surface area contributed by atoms with Crippen LogP contribution in [-0.4, -0.2) is 11.2 Å². The number of isocyanates is 1. The Bertz CT molecular complexity index is 304. The number of aliphatic imine (C=N–C) groups is 1. The maximum atomic E-state index is 9.99. The van der Waals surface area contributed by atoms with Crippen LogP contribution in [0.5, 0.6) is 0 Å². The average molecular weight is 166 g/mol. The molecule has 0 spiro atoms. The SMILES string of the molecule is Cc1noc(C)c1C(C)N=C=O. The lowest BCUT2D eigenvalue weighted by Gasteiger charge is -2.00. The van der Waals surface area contributed by atoms with Gasteiger partial charge in [0.25, 0.3) is 0 Å². The molecule has 0 aliphatic carbocycles. The maximum absolute atomic E-state index is 9.99. The van der Waals surface area contributed by atoms with Gasteiger partial charge in [0.15, 0.2) is 0 Å². The van der Waals surface area contributed by atoms with Gasteiger partial charge in [0, 0.05) is 5.56 Å². The van der Waals surface area contributed by atoms with Gasteiger partial charge in [-0.1, -0.05) is 5.16 Å². The number of carbonyl (C=O) groups excluding carboxylic acids is 1. The van der Waals surface area contributed by atoms with E-state index < -0.39 is 0 Å². The Kier molecular flexibility index (Phi) is 2.41. The molecule has 64 valence electrons. The van der Waals surface area contributed by atoms with E-state index >= 15 is 0 Å². The minimum absolute atomic E-state index is 0.214. The third-order valence-corrected chi connectivity index (χ3v) is 1.75. The first-order valence-corrected chi connectivity index (χ1v) is 3.66. The Hall–Kier alpha value is -1.41. The molecule has 1 aromatic heterocycles. The molecule has 0 fully saturated rings. The fourth-order valence-corrected chi connectivity index (χ4v) is 1.23. The minimum atomic E-state index is -0.214. The van der Waals surface area contributed by atoms with Crippen molar-refractivity contribution < 1.29 is 9.32 Å². The van der Waals surface area contributed by atoms with Crippen LogP contribution in [-0.2, 0) is 4.79 Å². The van der Waals surface area contributed by atoms with Gasteiger partial charge in [0.05, 0.1) is 11.7 Å². The second kappa shape index (κ2) is 3.32. The monoisotopic (exact) mass is 166 g/mol. The zero-order chi connectivity index (χ0) is 9.14. The molecule has 1 heterocycles. The molecule has 0 saturated heterocycles. The molecule has 0 amide bonds. The van der Waals surface area contributed by atoms with Crippen molar-refractivity contribution in [2.24, 2.45) is 4.99 Å². The van der Waals surface area contributed by atoms with Crippen molar-refractivity contribution in [3.05, 3.63) is 17.0 Å². The maximum Gasteiger partial charge on any atom is 0.235 e. The predicted molar refractivity (Wildman–Crippen MR) is 42.5 cm³/mol. The zero-order valence-electron chi connectivity index (χ0n) is 7.29. The molecule has 1 atom stereocenters. The first-order valence-electron chi connectivity index (χ1n) is 3.66. The summed E-state index contributed by atoms with van der Waals surface area (Å²) in [5.74, 6) is 0.707. The van der Waals surface area contributed by atoms with Crippen molar-refractivity contribution in [1.82, 2.24) is 5.16 Å². The molecular weight excluding hydrogens is 156 g/mol. The van der Waals surface area contributed by atoms with Crippen LogP contribution >= 0.6 is 0 Å². The lowest BCUT2D eigenvalue weighted by Crippen LogP contribution is -1.92. The molecule has 1 rings (SSSR count). The molecule has 0 saturated carbocycles. The highest BCUT2D eigenvalue weighted by Gasteiger charge is 2.14. The van der Waals surface area contributed by atoms with E-state index in [-0.39, 0.29) is 6.04 Å². The predicted octanol–water partition coefficient (Wildman–Crippen LogP) is 1.69. The van der Waals surface area contributed by atoms with E-state index in [0.717, 1.165) is 11.3 Å². The van der Waals surface area contributed by atoms with E-state index in [1.54, 1.807) is 13.8 Å². The Balaban J connectivity index is 3.08. The molecule has 0 aliphatic heterocycles. The van der Waals surface area contributed by atoms with E-state index in [2.05, 4.69) is 10.1 Å². The third kappa shape index (κ3) is 1.43. The first kappa shape index (κ1) is 8.68. The third-order valence-electron chi connectivity index (χ3n) is 1.75. The number of aromatic nitrogens is 1. The Labute approximate surface area is 70.3 Å². The summed E-state index contributed by atoms with van der Waals surface area (Å²) in [6, 6.07) is -0.214. The molecule has 1 aromatic rings. The van der Waals surface area contributed by atoms with E-state index in [9.17, 15) is 4.79 Å². The van der Waals surface area contributed by atoms with Gasteiger partial charge < -0.3 is 4.52 Å². The molecule has 0 aromatic carbocycles. The summed E-state index contributed by atoms with van der Waals surface area (Å²) in [4.78, 5) is 13.6. The largest absolute Gasteiger partial charge is 0.361 e. The smallest absolute Gasteiger partial charge is 0.235 e. The highest BCUT2D eigenvalue weighted by Crippen LogP contribution is 2.23. The summed E-state index contributed by atoms with van der Waals surface area (Å²) in [5.41, 5.74) is 1.65. The van der Waals surface area contributed by atoms with E-state index in [0.29, 0.717) is 5.76 Å². The van der Waals surface area contributed by atoms with E-state index in [1.165, 1.54) is 6.08 Å². The van der Waals surface area contributed by atoms with Crippen molar-refractivity contribution in [3.8, 4) is 0 Å². The van der Waals surface area contributed by atoms with Crippen LogP contribution in [0, 0.1) is 13.8 Å². The van der Waals surface area contributed by atoms with Crippen molar-refractivity contribution in [2.45, 2.75) is 26.8 Å². The average Bonchev–Trinajstić information content (AvgIpc) is 2.32. The molecule has 0 radical (unpaired) electrons.